The second-order valence-electron chi connectivity index (χ2n) is 8.64. The summed E-state index contributed by atoms with van der Waals surface area (Å²) < 4.78 is 18.5. The molecule has 0 bridgehead atoms. The van der Waals surface area contributed by atoms with Gasteiger partial charge in [-0.05, 0) is 48.4 Å². The van der Waals surface area contributed by atoms with Crippen LogP contribution in [0.1, 0.15) is 29.7 Å². The minimum absolute atomic E-state index is 0.0979. The number of rotatable bonds is 5. The van der Waals surface area contributed by atoms with Gasteiger partial charge in [0.25, 0.3) is 5.56 Å². The first kappa shape index (κ1) is 23.7. The van der Waals surface area contributed by atoms with Gasteiger partial charge in [0, 0.05) is 5.56 Å². The summed E-state index contributed by atoms with van der Waals surface area (Å²) in [5.74, 6) is 0.668. The minimum atomic E-state index is -0.818. The standard InChI is InChI=1S/C29H22N2O6S/c1-2-35-28(34)24-25(18-8-4-3-5-9-18)30-29-31(26(24)19-11-12-21-22(15-19)37-16-36-21)27(33)23(38-29)14-17-7-6-10-20(32)13-17/h3-15,26,32H,2,16H2,1H3/b23-14+/t26-/m1/s1. The average Bonchev–Trinajstić information content (AvgIpc) is 3.52. The summed E-state index contributed by atoms with van der Waals surface area (Å²) in [6, 6.07) is 20.6. The highest BCUT2D eigenvalue weighted by Gasteiger charge is 2.36. The molecule has 3 heterocycles. The lowest BCUT2D eigenvalue weighted by Crippen LogP contribution is -2.40. The van der Waals surface area contributed by atoms with E-state index < -0.39 is 12.0 Å². The van der Waals surface area contributed by atoms with Crippen LogP contribution >= 0.6 is 11.3 Å². The van der Waals surface area contributed by atoms with Gasteiger partial charge < -0.3 is 19.3 Å². The van der Waals surface area contributed by atoms with Crippen molar-refractivity contribution in [3.63, 3.8) is 0 Å². The quantitative estimate of drug-likeness (QED) is 0.401. The van der Waals surface area contributed by atoms with Gasteiger partial charge in [0.1, 0.15) is 5.75 Å². The number of hydrogen-bond donors (Lipinski definition) is 1. The lowest BCUT2D eigenvalue weighted by atomic mass is 9.93. The maximum atomic E-state index is 13.9. The first-order valence-corrected chi connectivity index (χ1v) is 12.8. The Hall–Kier alpha value is -4.63. The molecule has 0 spiro atoms. The van der Waals surface area contributed by atoms with Crippen molar-refractivity contribution in [2.75, 3.05) is 13.4 Å². The third kappa shape index (κ3) is 4.16. The van der Waals surface area contributed by atoms with E-state index in [0.717, 1.165) is 5.56 Å². The second kappa shape index (κ2) is 9.68. The number of aromatic nitrogens is 1. The van der Waals surface area contributed by atoms with Crippen LogP contribution in [0.25, 0.3) is 11.8 Å². The van der Waals surface area contributed by atoms with Crippen LogP contribution in [0.15, 0.2) is 88.2 Å². The molecule has 1 N–H and O–H groups in total. The Morgan fingerprint density at radius 3 is 2.71 bits per heavy atom. The van der Waals surface area contributed by atoms with Gasteiger partial charge in [-0.25, -0.2) is 9.79 Å². The molecule has 0 aliphatic carbocycles. The van der Waals surface area contributed by atoms with Crippen molar-refractivity contribution >= 4 is 29.1 Å². The SMILES string of the molecule is CCOC(=O)C1=C(c2ccccc2)N=c2s/c(=C/c3cccc(O)c3)c(=O)n2[C@@H]1c1ccc2c(c1)OCO2. The van der Waals surface area contributed by atoms with E-state index >= 15 is 0 Å². The van der Waals surface area contributed by atoms with Crippen molar-refractivity contribution in [3.05, 3.63) is 115 Å². The van der Waals surface area contributed by atoms with E-state index in [2.05, 4.69) is 0 Å². The molecule has 9 heteroatoms. The molecule has 4 aromatic rings. The number of phenolic OH excluding ortho intramolecular Hbond substituents is 1. The number of carbonyl (C=O) groups is 1. The average molecular weight is 527 g/mol. The van der Waals surface area contributed by atoms with Crippen LogP contribution in [-0.2, 0) is 9.53 Å². The van der Waals surface area contributed by atoms with Crippen LogP contribution in [0.2, 0.25) is 0 Å². The van der Waals surface area contributed by atoms with Crippen molar-refractivity contribution in [2.45, 2.75) is 13.0 Å². The van der Waals surface area contributed by atoms with Gasteiger partial charge in [0.2, 0.25) is 6.79 Å². The Morgan fingerprint density at radius 2 is 1.92 bits per heavy atom. The van der Waals surface area contributed by atoms with E-state index in [-0.39, 0.29) is 30.3 Å². The fraction of sp³-hybridized carbons (Fsp3) is 0.138. The van der Waals surface area contributed by atoms with Gasteiger partial charge in [-0.3, -0.25) is 9.36 Å². The van der Waals surface area contributed by atoms with Crippen molar-refractivity contribution in [1.29, 1.82) is 0 Å². The van der Waals surface area contributed by atoms with E-state index in [0.29, 0.717) is 37.7 Å². The zero-order valence-corrected chi connectivity index (χ0v) is 21.1. The number of fused-ring (bicyclic) bond motifs is 2. The van der Waals surface area contributed by atoms with E-state index in [4.69, 9.17) is 19.2 Å². The summed E-state index contributed by atoms with van der Waals surface area (Å²) in [5, 5.41) is 9.90. The summed E-state index contributed by atoms with van der Waals surface area (Å²) in [6.45, 7) is 2.00. The monoisotopic (exact) mass is 526 g/mol. The Labute approximate surface area is 221 Å². The number of carbonyl (C=O) groups excluding carboxylic acids is 1. The predicted molar refractivity (Wildman–Crippen MR) is 142 cm³/mol. The molecule has 0 radical (unpaired) electrons. The van der Waals surface area contributed by atoms with E-state index in [1.807, 2.05) is 36.4 Å². The summed E-state index contributed by atoms with van der Waals surface area (Å²) in [4.78, 5) is 32.7. The number of esters is 1. The third-order valence-corrected chi connectivity index (χ3v) is 7.24. The molecule has 1 aromatic heterocycles. The van der Waals surface area contributed by atoms with Crippen molar-refractivity contribution in [2.24, 2.45) is 4.99 Å². The Morgan fingerprint density at radius 1 is 1.11 bits per heavy atom. The van der Waals surface area contributed by atoms with E-state index in [9.17, 15) is 14.7 Å². The highest BCUT2D eigenvalue weighted by molar-refractivity contribution is 7.07. The number of aromatic hydroxyl groups is 1. The molecule has 0 saturated heterocycles. The number of thiazole rings is 1. The molecule has 190 valence electrons. The Kier molecular flexibility index (Phi) is 6.05. The number of ether oxygens (including phenoxy) is 3. The van der Waals surface area contributed by atoms with Gasteiger partial charge in [-0.15, -0.1) is 0 Å². The summed E-state index contributed by atoms with van der Waals surface area (Å²) >= 11 is 1.22. The zero-order chi connectivity index (χ0) is 26.2. The molecular weight excluding hydrogens is 504 g/mol. The molecule has 0 saturated carbocycles. The second-order valence-corrected chi connectivity index (χ2v) is 9.65. The van der Waals surface area contributed by atoms with Gasteiger partial charge in [0.05, 0.1) is 28.5 Å². The summed E-state index contributed by atoms with van der Waals surface area (Å²) in [5.41, 5.74) is 2.44. The topological polar surface area (TPSA) is 99.4 Å². The minimum Gasteiger partial charge on any atom is -0.508 e. The lowest BCUT2D eigenvalue weighted by molar-refractivity contribution is -0.138. The number of hydrogen-bond acceptors (Lipinski definition) is 8. The van der Waals surface area contributed by atoms with Crippen LogP contribution < -0.4 is 24.4 Å². The highest BCUT2D eigenvalue weighted by atomic mass is 32.1. The number of benzene rings is 3. The zero-order valence-electron chi connectivity index (χ0n) is 20.3. The lowest BCUT2D eigenvalue weighted by Gasteiger charge is -2.26. The molecular formula is C29H22N2O6S. The van der Waals surface area contributed by atoms with E-state index in [1.165, 1.54) is 15.9 Å². The molecule has 38 heavy (non-hydrogen) atoms. The van der Waals surface area contributed by atoms with Crippen LogP contribution in [-0.4, -0.2) is 29.0 Å². The molecule has 8 nitrogen and oxygen atoms in total. The smallest absolute Gasteiger partial charge is 0.338 e. The molecule has 1 atom stereocenters. The maximum Gasteiger partial charge on any atom is 0.338 e. The van der Waals surface area contributed by atoms with Crippen LogP contribution in [0.4, 0.5) is 0 Å². The molecule has 0 unspecified atom stereocenters. The van der Waals surface area contributed by atoms with Crippen LogP contribution in [0, 0.1) is 0 Å². The van der Waals surface area contributed by atoms with E-state index in [1.54, 1.807) is 49.4 Å². The largest absolute Gasteiger partial charge is 0.508 e. The first-order valence-electron chi connectivity index (χ1n) is 12.0. The maximum absolute atomic E-state index is 13.9. The molecule has 3 aromatic carbocycles. The van der Waals surface area contributed by atoms with Crippen molar-refractivity contribution in [1.82, 2.24) is 4.57 Å². The number of phenols is 1. The Bertz CT molecular complexity index is 1770. The molecule has 2 aliphatic heterocycles. The Balaban J connectivity index is 1.65. The molecule has 0 amide bonds. The predicted octanol–water partition coefficient (Wildman–Crippen LogP) is 3.37. The fourth-order valence-corrected chi connectivity index (χ4v) is 5.61. The highest BCUT2D eigenvalue weighted by Crippen LogP contribution is 2.40. The summed E-state index contributed by atoms with van der Waals surface area (Å²) in [6.07, 6.45) is 1.70. The van der Waals surface area contributed by atoms with Gasteiger partial charge in [-0.1, -0.05) is 59.9 Å². The molecule has 2 aliphatic rings. The van der Waals surface area contributed by atoms with Gasteiger partial charge >= 0.3 is 5.97 Å². The van der Waals surface area contributed by atoms with Gasteiger partial charge in [0.15, 0.2) is 16.3 Å². The molecule has 6 rings (SSSR count). The molecule has 0 fully saturated rings. The van der Waals surface area contributed by atoms with Gasteiger partial charge in [-0.2, -0.15) is 0 Å². The van der Waals surface area contributed by atoms with Crippen molar-refractivity contribution in [3.8, 4) is 17.2 Å². The van der Waals surface area contributed by atoms with Crippen molar-refractivity contribution < 1.29 is 24.1 Å². The summed E-state index contributed by atoms with van der Waals surface area (Å²) in [7, 11) is 0. The number of nitrogens with zero attached hydrogens (tertiary/aromatic N) is 2. The fourth-order valence-electron chi connectivity index (χ4n) is 4.60. The normalized spacial score (nSPS) is 16.2. The first-order chi connectivity index (χ1) is 18.5. The van der Waals surface area contributed by atoms with Crippen LogP contribution in [0.3, 0.4) is 0 Å². The van der Waals surface area contributed by atoms with Crippen LogP contribution in [0.5, 0.6) is 17.2 Å². The third-order valence-electron chi connectivity index (χ3n) is 6.25.